The molecular formula is C50H30N4O. The summed E-state index contributed by atoms with van der Waals surface area (Å²) >= 11 is 0. The molecule has 0 saturated heterocycles. The van der Waals surface area contributed by atoms with E-state index in [4.69, 9.17) is 14.4 Å². The van der Waals surface area contributed by atoms with Crippen LogP contribution in [0.25, 0.3) is 110 Å². The fourth-order valence-electron chi connectivity index (χ4n) is 8.69. The zero-order valence-corrected chi connectivity index (χ0v) is 29.5. The molecular weight excluding hydrogens is 673 g/mol. The van der Waals surface area contributed by atoms with Crippen molar-refractivity contribution in [3.8, 4) is 34.0 Å². The van der Waals surface area contributed by atoms with Crippen LogP contribution in [0.4, 0.5) is 0 Å². The molecule has 256 valence electrons. The van der Waals surface area contributed by atoms with Gasteiger partial charge in [-0.1, -0.05) is 146 Å². The lowest BCUT2D eigenvalue weighted by Gasteiger charge is -2.14. The Morgan fingerprint density at radius 3 is 1.71 bits per heavy atom. The predicted molar refractivity (Wildman–Crippen MR) is 226 cm³/mol. The van der Waals surface area contributed by atoms with Gasteiger partial charge in [-0.05, 0) is 47.5 Å². The molecule has 0 spiro atoms. The molecule has 0 aliphatic carbocycles. The van der Waals surface area contributed by atoms with Crippen LogP contribution in [0, 0.1) is 0 Å². The number of nitrogens with zero attached hydrogens (tertiary/aromatic N) is 4. The van der Waals surface area contributed by atoms with Crippen LogP contribution in [0.15, 0.2) is 186 Å². The van der Waals surface area contributed by atoms with Crippen LogP contribution < -0.4 is 0 Å². The molecule has 5 nitrogen and oxygen atoms in total. The Morgan fingerprint density at radius 1 is 0.364 bits per heavy atom. The highest BCUT2D eigenvalue weighted by atomic mass is 16.3. The number of benzene rings is 8. The predicted octanol–water partition coefficient (Wildman–Crippen LogP) is 13.1. The minimum atomic E-state index is 0.592. The van der Waals surface area contributed by atoms with E-state index in [1.165, 1.54) is 16.5 Å². The van der Waals surface area contributed by atoms with Gasteiger partial charge in [-0.25, -0.2) is 9.97 Å². The molecule has 0 N–H and O–H groups in total. The van der Waals surface area contributed by atoms with Gasteiger partial charge in [0.1, 0.15) is 11.1 Å². The van der Waals surface area contributed by atoms with E-state index in [1.54, 1.807) is 0 Å². The average molecular weight is 703 g/mol. The topological polar surface area (TPSA) is 48.8 Å². The lowest BCUT2D eigenvalue weighted by Crippen LogP contribution is -2.05. The number of hydrogen-bond acceptors (Lipinski definition) is 3. The minimum absolute atomic E-state index is 0.592. The van der Waals surface area contributed by atoms with Gasteiger partial charge in [-0.2, -0.15) is 0 Å². The Morgan fingerprint density at radius 2 is 0.927 bits per heavy atom. The van der Waals surface area contributed by atoms with E-state index in [1.807, 2.05) is 24.3 Å². The van der Waals surface area contributed by atoms with Crippen molar-refractivity contribution < 1.29 is 4.42 Å². The maximum absolute atomic E-state index is 6.82. The third-order valence-electron chi connectivity index (χ3n) is 11.1. The first kappa shape index (κ1) is 30.0. The highest BCUT2D eigenvalue weighted by Crippen LogP contribution is 2.45. The summed E-state index contributed by atoms with van der Waals surface area (Å²) in [5.74, 6) is 0.592. The summed E-state index contributed by atoms with van der Waals surface area (Å²) in [4.78, 5) is 10.9. The highest BCUT2D eigenvalue weighted by Gasteiger charge is 2.26. The summed E-state index contributed by atoms with van der Waals surface area (Å²) < 4.78 is 11.5. The maximum atomic E-state index is 6.82. The maximum Gasteiger partial charge on any atom is 0.236 e. The molecule has 0 amide bonds. The summed E-state index contributed by atoms with van der Waals surface area (Å²) in [6, 6.07) is 64.1. The van der Waals surface area contributed by atoms with Crippen LogP contribution in [0.5, 0.6) is 0 Å². The van der Waals surface area contributed by atoms with Gasteiger partial charge in [0.25, 0.3) is 0 Å². The molecule has 0 atom stereocenters. The molecule has 4 aromatic heterocycles. The highest BCUT2D eigenvalue weighted by molar-refractivity contribution is 6.27. The van der Waals surface area contributed by atoms with E-state index < -0.39 is 0 Å². The standard InChI is InChI=1S/C50H30N4O/c1-3-13-31(14-4-1)32-23-25-34(26-24-32)53-43-21-11-8-17-35(43)37-27-28-38-39-29-30-40-36-18-9-12-22-44(36)55-49(40)48(39)54(47(38)46(37)53)50-51-42-20-10-7-19-41(42)45(52-50)33-15-5-2-6-16-33/h1-30H. The monoisotopic (exact) mass is 702 g/mol. The molecule has 0 fully saturated rings. The van der Waals surface area contributed by atoms with E-state index in [2.05, 4.69) is 167 Å². The molecule has 55 heavy (non-hydrogen) atoms. The second-order valence-corrected chi connectivity index (χ2v) is 14.2. The summed E-state index contributed by atoms with van der Waals surface area (Å²) in [5, 5.41) is 7.67. The number of aromatic nitrogens is 4. The van der Waals surface area contributed by atoms with Crippen LogP contribution in [0.3, 0.4) is 0 Å². The molecule has 5 heteroatoms. The van der Waals surface area contributed by atoms with Crippen molar-refractivity contribution in [2.24, 2.45) is 0 Å². The van der Waals surface area contributed by atoms with Crippen molar-refractivity contribution in [3.63, 3.8) is 0 Å². The van der Waals surface area contributed by atoms with Crippen molar-refractivity contribution in [2.75, 3.05) is 0 Å². The first-order valence-corrected chi connectivity index (χ1v) is 18.6. The van der Waals surface area contributed by atoms with Gasteiger partial charge in [0.15, 0.2) is 5.58 Å². The van der Waals surface area contributed by atoms with Gasteiger partial charge in [-0.15, -0.1) is 0 Å². The van der Waals surface area contributed by atoms with Gasteiger partial charge in [0.2, 0.25) is 5.95 Å². The van der Waals surface area contributed by atoms with Gasteiger partial charge in [0.05, 0.1) is 27.8 Å². The van der Waals surface area contributed by atoms with Gasteiger partial charge >= 0.3 is 0 Å². The first-order chi connectivity index (χ1) is 27.3. The Hall–Kier alpha value is -7.50. The average Bonchev–Trinajstić information content (AvgIpc) is 3.92. The van der Waals surface area contributed by atoms with E-state index in [0.29, 0.717) is 5.95 Å². The van der Waals surface area contributed by atoms with Crippen molar-refractivity contribution >= 4 is 76.5 Å². The van der Waals surface area contributed by atoms with Crippen LogP contribution in [0.2, 0.25) is 0 Å². The molecule has 0 radical (unpaired) electrons. The lowest BCUT2D eigenvalue weighted by atomic mass is 10.1. The Balaban J connectivity index is 1.28. The summed E-state index contributed by atoms with van der Waals surface area (Å²) in [6.07, 6.45) is 0. The van der Waals surface area contributed by atoms with E-state index in [9.17, 15) is 0 Å². The molecule has 0 unspecified atom stereocenters. The largest absolute Gasteiger partial charge is 0.454 e. The van der Waals surface area contributed by atoms with Gasteiger partial charge in [-0.3, -0.25) is 4.57 Å². The normalized spacial score (nSPS) is 12.0. The summed E-state index contributed by atoms with van der Waals surface area (Å²) in [7, 11) is 0. The molecule has 8 aromatic carbocycles. The molecule has 0 aliphatic rings. The zero-order valence-electron chi connectivity index (χ0n) is 29.5. The molecule has 12 rings (SSSR count). The molecule has 4 heterocycles. The number of fused-ring (bicyclic) bond motifs is 12. The Labute approximate surface area is 315 Å². The molecule has 0 saturated carbocycles. The van der Waals surface area contributed by atoms with Crippen LogP contribution >= 0.6 is 0 Å². The fraction of sp³-hybridized carbons (Fsp3) is 0. The number of rotatable bonds is 4. The van der Waals surface area contributed by atoms with E-state index >= 15 is 0 Å². The van der Waals surface area contributed by atoms with Crippen molar-refractivity contribution in [2.45, 2.75) is 0 Å². The van der Waals surface area contributed by atoms with Crippen molar-refractivity contribution in [3.05, 3.63) is 182 Å². The van der Waals surface area contributed by atoms with E-state index in [-0.39, 0.29) is 0 Å². The third-order valence-corrected chi connectivity index (χ3v) is 11.1. The SMILES string of the molecule is c1ccc(-c2ccc(-n3c4ccccc4c4ccc5c6ccc7c8ccccc8oc7c6n(-c6nc(-c7ccccc7)c7ccccc7n6)c5c43)cc2)cc1. The smallest absolute Gasteiger partial charge is 0.236 e. The Kier molecular flexibility index (Phi) is 6.27. The Bertz CT molecular complexity index is 3470. The zero-order chi connectivity index (χ0) is 36.0. The molecule has 0 aliphatic heterocycles. The summed E-state index contributed by atoms with van der Waals surface area (Å²) in [6.45, 7) is 0. The fourth-order valence-corrected chi connectivity index (χ4v) is 8.69. The van der Waals surface area contributed by atoms with Crippen LogP contribution in [0.1, 0.15) is 0 Å². The van der Waals surface area contributed by atoms with Gasteiger partial charge in [0, 0.05) is 49.0 Å². The van der Waals surface area contributed by atoms with Crippen LogP contribution in [-0.2, 0) is 0 Å². The summed E-state index contributed by atoms with van der Waals surface area (Å²) in [5.41, 5.74) is 12.1. The molecule has 0 bridgehead atoms. The number of furan rings is 1. The number of hydrogen-bond donors (Lipinski definition) is 0. The lowest BCUT2D eigenvalue weighted by molar-refractivity contribution is 0.671. The first-order valence-electron chi connectivity index (χ1n) is 18.6. The van der Waals surface area contributed by atoms with Crippen molar-refractivity contribution in [1.82, 2.24) is 19.1 Å². The quantitative estimate of drug-likeness (QED) is 0.183. The second-order valence-electron chi connectivity index (χ2n) is 14.2. The van der Waals surface area contributed by atoms with Gasteiger partial charge < -0.3 is 8.98 Å². The van der Waals surface area contributed by atoms with Crippen LogP contribution in [-0.4, -0.2) is 19.1 Å². The minimum Gasteiger partial charge on any atom is -0.454 e. The van der Waals surface area contributed by atoms with E-state index in [0.717, 1.165) is 88.0 Å². The molecule has 12 aromatic rings. The third kappa shape index (κ3) is 4.35. The van der Waals surface area contributed by atoms with Crippen molar-refractivity contribution in [1.29, 1.82) is 0 Å². The second kappa shape index (κ2) is 11.5. The number of para-hydroxylation sites is 3.